The van der Waals surface area contributed by atoms with Crippen molar-refractivity contribution in [2.24, 2.45) is 29.2 Å². The highest BCUT2D eigenvalue weighted by molar-refractivity contribution is 5.95. The molecule has 196 valence electrons. The Morgan fingerprint density at radius 2 is 2.03 bits per heavy atom. The molecule has 1 amide bonds. The Morgan fingerprint density at radius 1 is 1.33 bits per heavy atom. The molecule has 0 saturated carbocycles. The zero-order valence-electron chi connectivity index (χ0n) is 20.7. The van der Waals surface area contributed by atoms with Gasteiger partial charge in [-0.1, -0.05) is 27.7 Å². The van der Waals surface area contributed by atoms with Gasteiger partial charge in [-0.05, 0) is 24.0 Å². The quantitative estimate of drug-likeness (QED) is 0.269. The molecule has 1 saturated heterocycles. The van der Waals surface area contributed by atoms with Gasteiger partial charge in [0.25, 0.3) is 0 Å². The third kappa shape index (κ3) is 4.78. The molecule has 0 aliphatic carbocycles. The molecule has 0 radical (unpaired) electrons. The van der Waals surface area contributed by atoms with E-state index in [4.69, 9.17) is 20.9 Å². The second-order valence-corrected chi connectivity index (χ2v) is 9.50. The van der Waals surface area contributed by atoms with Crippen LogP contribution in [0.5, 0.6) is 0 Å². The number of aromatic nitrogens is 3. The van der Waals surface area contributed by atoms with Crippen molar-refractivity contribution in [1.82, 2.24) is 14.6 Å². The fraction of sp³-hybridized carbons (Fsp3) is 0.609. The van der Waals surface area contributed by atoms with Crippen molar-refractivity contribution in [2.45, 2.75) is 57.6 Å². The lowest BCUT2D eigenvalue weighted by molar-refractivity contribution is -0.159. The second kappa shape index (κ2) is 10.9. The molecule has 3 heterocycles. The van der Waals surface area contributed by atoms with Crippen LogP contribution in [-0.2, 0) is 24.7 Å². The van der Waals surface area contributed by atoms with Crippen LogP contribution in [-0.4, -0.2) is 74.2 Å². The summed E-state index contributed by atoms with van der Waals surface area (Å²) in [4.78, 5) is 29.3. The smallest absolute Gasteiger partial charge is 0.323 e. The van der Waals surface area contributed by atoms with Gasteiger partial charge in [-0.15, -0.1) is 0 Å². The average molecular weight is 504 g/mol. The Balaban J connectivity index is 1.99. The van der Waals surface area contributed by atoms with Gasteiger partial charge < -0.3 is 36.5 Å². The third-order valence-corrected chi connectivity index (χ3v) is 6.49. The molecule has 0 bridgehead atoms. The number of aliphatic hydroxyl groups is 2. The number of nitriles is 1. The van der Waals surface area contributed by atoms with Gasteiger partial charge >= 0.3 is 5.97 Å². The molecule has 0 spiro atoms. The van der Waals surface area contributed by atoms with Crippen molar-refractivity contribution >= 4 is 23.2 Å². The summed E-state index contributed by atoms with van der Waals surface area (Å²) in [6.45, 7) is 6.74. The maximum atomic E-state index is 12.7. The maximum absolute atomic E-state index is 12.7. The summed E-state index contributed by atoms with van der Waals surface area (Å²) < 4.78 is 12.5. The minimum absolute atomic E-state index is 0.00188. The number of carbonyl (C=O) groups excluding carboxylic acids is 2. The molecule has 7 N–H and O–H groups in total. The SMILES string of the molecule is CC(C)[C@H](N)C(=O)O[C@H]1[C@@H](O)[C@](C#N)(c2ccc3c(NC(=O)[C@@H](CN)C(C)C)ncnn23)O[C@@H]1CO. The third-order valence-electron chi connectivity index (χ3n) is 6.49. The molecule has 0 aromatic carbocycles. The predicted octanol–water partition coefficient (Wildman–Crippen LogP) is -0.735. The van der Waals surface area contributed by atoms with E-state index in [1.807, 2.05) is 19.9 Å². The largest absolute Gasteiger partial charge is 0.455 e. The lowest BCUT2D eigenvalue weighted by atomic mass is 9.92. The van der Waals surface area contributed by atoms with Gasteiger partial charge in [0.15, 0.2) is 11.9 Å². The van der Waals surface area contributed by atoms with Gasteiger partial charge in [-0.3, -0.25) is 9.59 Å². The molecular weight excluding hydrogens is 470 g/mol. The molecular formula is C23H33N7O6. The zero-order chi connectivity index (χ0) is 26.8. The standard InChI is InChI=1S/C23H33N7O6/c1-11(2)13(7-24)21(33)29-20-14-5-6-16(30(14)28-10-27-20)23(9-25)19(32)18(15(8-31)36-23)35-22(34)17(26)12(3)4/h5-6,10-13,15,17-19,31-32H,7-8,24,26H2,1-4H3,(H,27,28,29,33)/t13-,15+,17-,18+,19+,23-/m0/s1. The Hall–Kier alpha value is -3.15. The van der Waals surface area contributed by atoms with Crippen LogP contribution in [0.2, 0.25) is 0 Å². The van der Waals surface area contributed by atoms with Crippen molar-refractivity contribution in [1.29, 1.82) is 5.26 Å². The van der Waals surface area contributed by atoms with E-state index in [0.717, 1.165) is 0 Å². The van der Waals surface area contributed by atoms with Crippen molar-refractivity contribution in [2.75, 3.05) is 18.5 Å². The molecule has 13 heteroatoms. The van der Waals surface area contributed by atoms with Crippen molar-refractivity contribution in [3.8, 4) is 6.07 Å². The number of ether oxygens (including phenoxy) is 2. The van der Waals surface area contributed by atoms with Gasteiger partial charge in [-0.2, -0.15) is 10.4 Å². The Kier molecular flexibility index (Phi) is 8.27. The molecule has 1 aliphatic rings. The fourth-order valence-electron chi connectivity index (χ4n) is 4.14. The van der Waals surface area contributed by atoms with E-state index >= 15 is 0 Å². The molecule has 0 unspecified atom stereocenters. The Labute approximate surface area is 208 Å². The summed E-state index contributed by atoms with van der Waals surface area (Å²) in [6, 6.07) is 4.02. The van der Waals surface area contributed by atoms with Gasteiger partial charge in [0, 0.05) is 6.54 Å². The van der Waals surface area contributed by atoms with Crippen molar-refractivity contribution in [3.63, 3.8) is 0 Å². The highest BCUT2D eigenvalue weighted by Crippen LogP contribution is 2.41. The van der Waals surface area contributed by atoms with E-state index in [1.165, 1.54) is 16.9 Å². The van der Waals surface area contributed by atoms with E-state index in [1.54, 1.807) is 19.9 Å². The molecule has 13 nitrogen and oxygen atoms in total. The van der Waals surface area contributed by atoms with Crippen LogP contribution >= 0.6 is 0 Å². The minimum Gasteiger partial charge on any atom is -0.455 e. The predicted molar refractivity (Wildman–Crippen MR) is 127 cm³/mol. The number of rotatable bonds is 9. The summed E-state index contributed by atoms with van der Waals surface area (Å²) in [6.07, 6.45) is -3.08. The second-order valence-electron chi connectivity index (χ2n) is 9.50. The molecule has 2 aromatic rings. The van der Waals surface area contributed by atoms with Gasteiger partial charge in [-0.25, -0.2) is 9.50 Å². The summed E-state index contributed by atoms with van der Waals surface area (Å²) in [5.74, 6) is -1.63. The van der Waals surface area contributed by atoms with E-state index in [2.05, 4.69) is 15.4 Å². The Morgan fingerprint density at radius 3 is 2.58 bits per heavy atom. The maximum Gasteiger partial charge on any atom is 0.323 e. The number of anilines is 1. The monoisotopic (exact) mass is 503 g/mol. The fourth-order valence-corrected chi connectivity index (χ4v) is 4.14. The number of esters is 1. The van der Waals surface area contributed by atoms with Crippen molar-refractivity contribution < 1.29 is 29.3 Å². The van der Waals surface area contributed by atoms with E-state index in [9.17, 15) is 25.1 Å². The Bertz CT molecular complexity index is 1150. The first-order valence-electron chi connectivity index (χ1n) is 11.7. The highest BCUT2D eigenvalue weighted by Gasteiger charge is 2.59. The van der Waals surface area contributed by atoms with E-state index < -0.39 is 48.4 Å². The van der Waals surface area contributed by atoms with Gasteiger partial charge in [0.05, 0.1) is 18.2 Å². The summed E-state index contributed by atoms with van der Waals surface area (Å²) in [5, 5.41) is 38.1. The number of nitrogens with one attached hydrogen (secondary N) is 1. The van der Waals surface area contributed by atoms with Crippen LogP contribution in [0.4, 0.5) is 5.82 Å². The summed E-state index contributed by atoms with van der Waals surface area (Å²) in [5.41, 5.74) is 9.97. The lowest BCUT2D eigenvalue weighted by Gasteiger charge is -2.25. The van der Waals surface area contributed by atoms with Crippen LogP contribution in [0.25, 0.3) is 5.52 Å². The minimum atomic E-state index is -2.06. The average Bonchev–Trinajstić information content (AvgIpc) is 3.39. The number of nitrogens with two attached hydrogens (primary N) is 2. The highest BCUT2D eigenvalue weighted by atomic mass is 16.6. The van der Waals surface area contributed by atoms with Crippen molar-refractivity contribution in [3.05, 3.63) is 24.2 Å². The van der Waals surface area contributed by atoms with Gasteiger partial charge in [0.1, 0.15) is 36.2 Å². The van der Waals surface area contributed by atoms with Crippen LogP contribution in [0.1, 0.15) is 33.4 Å². The molecule has 3 rings (SSSR count). The zero-order valence-corrected chi connectivity index (χ0v) is 20.7. The molecule has 36 heavy (non-hydrogen) atoms. The van der Waals surface area contributed by atoms with Crippen LogP contribution in [0.15, 0.2) is 18.5 Å². The first-order valence-corrected chi connectivity index (χ1v) is 11.7. The number of nitrogens with zero attached hydrogens (tertiary/aromatic N) is 4. The van der Waals surface area contributed by atoms with Crippen LogP contribution < -0.4 is 16.8 Å². The number of amides is 1. The number of aliphatic hydroxyl groups excluding tert-OH is 2. The summed E-state index contributed by atoms with van der Waals surface area (Å²) >= 11 is 0. The number of carbonyl (C=O) groups is 2. The number of hydrogen-bond donors (Lipinski definition) is 5. The molecule has 6 atom stereocenters. The number of hydrogen-bond acceptors (Lipinski definition) is 11. The number of fused-ring (bicyclic) bond motifs is 1. The van der Waals surface area contributed by atoms with Crippen LogP contribution in [0.3, 0.4) is 0 Å². The van der Waals surface area contributed by atoms with Gasteiger partial charge in [0.2, 0.25) is 11.5 Å². The first kappa shape index (κ1) is 27.4. The molecule has 1 fully saturated rings. The summed E-state index contributed by atoms with van der Waals surface area (Å²) in [7, 11) is 0. The lowest BCUT2D eigenvalue weighted by Crippen LogP contribution is -2.46. The van der Waals surface area contributed by atoms with E-state index in [-0.39, 0.29) is 35.8 Å². The topological polar surface area (TPSA) is 211 Å². The van der Waals surface area contributed by atoms with Crippen LogP contribution in [0, 0.1) is 29.1 Å². The molecule has 2 aromatic heterocycles. The molecule has 1 aliphatic heterocycles. The normalized spacial score (nSPS) is 25.6. The van der Waals surface area contributed by atoms with E-state index in [0.29, 0.717) is 5.52 Å². The first-order chi connectivity index (χ1) is 17.0.